The third-order valence-electron chi connectivity index (χ3n) is 5.21. The molecule has 0 saturated carbocycles. The first kappa shape index (κ1) is 24.8. The van der Waals surface area contributed by atoms with Crippen molar-refractivity contribution in [3.8, 4) is 34.3 Å². The molecule has 1 amide bonds. The number of ether oxygens (including phenoxy) is 2. The number of nitrogens with one attached hydrogen (secondary N) is 1. The van der Waals surface area contributed by atoms with Crippen molar-refractivity contribution >= 4 is 23.9 Å². The zero-order valence-electron chi connectivity index (χ0n) is 20.0. The molecule has 1 heterocycles. The van der Waals surface area contributed by atoms with Crippen LogP contribution >= 0.6 is 11.8 Å². The molecule has 184 valence electrons. The minimum Gasteiger partial charge on any atom is -0.504 e. The van der Waals surface area contributed by atoms with E-state index in [0.29, 0.717) is 22.3 Å². The van der Waals surface area contributed by atoms with Crippen LogP contribution in [0.15, 0.2) is 77.0 Å². The van der Waals surface area contributed by atoms with Crippen molar-refractivity contribution in [1.29, 1.82) is 0 Å². The molecule has 0 fully saturated rings. The summed E-state index contributed by atoms with van der Waals surface area (Å²) in [6.45, 7) is 2.02. The summed E-state index contributed by atoms with van der Waals surface area (Å²) in [6, 6.07) is 20.4. The van der Waals surface area contributed by atoms with E-state index in [1.165, 1.54) is 31.2 Å². The van der Waals surface area contributed by atoms with E-state index in [0.717, 1.165) is 22.6 Å². The lowest BCUT2D eigenvalue weighted by molar-refractivity contribution is -0.118. The normalized spacial score (nSPS) is 11.0. The van der Waals surface area contributed by atoms with Crippen LogP contribution in [-0.2, 0) is 4.79 Å². The topological polar surface area (TPSA) is 111 Å². The quantitative estimate of drug-likeness (QED) is 0.200. The number of phenolic OH excluding ortho intramolecular Hbond substituents is 1. The molecule has 0 saturated heterocycles. The number of carbonyl (C=O) groups is 1. The van der Waals surface area contributed by atoms with Crippen molar-refractivity contribution < 1.29 is 19.4 Å². The van der Waals surface area contributed by atoms with Gasteiger partial charge in [0, 0.05) is 11.3 Å². The van der Waals surface area contributed by atoms with Crippen LogP contribution in [0.5, 0.6) is 17.2 Å². The highest BCUT2D eigenvalue weighted by atomic mass is 32.2. The van der Waals surface area contributed by atoms with Crippen LogP contribution < -0.4 is 14.9 Å². The van der Waals surface area contributed by atoms with Crippen LogP contribution in [0.4, 0.5) is 0 Å². The highest BCUT2D eigenvalue weighted by Crippen LogP contribution is 2.29. The van der Waals surface area contributed by atoms with E-state index in [4.69, 9.17) is 9.47 Å². The van der Waals surface area contributed by atoms with Crippen LogP contribution in [0.1, 0.15) is 11.1 Å². The monoisotopic (exact) mass is 503 g/mol. The second-order valence-corrected chi connectivity index (χ2v) is 8.66. The Labute approximate surface area is 212 Å². The average molecular weight is 504 g/mol. The Hall–Kier alpha value is -4.31. The van der Waals surface area contributed by atoms with E-state index in [1.54, 1.807) is 19.2 Å². The molecule has 3 aromatic carbocycles. The number of hydrogen-bond acceptors (Lipinski definition) is 8. The Bertz CT molecular complexity index is 1370. The third kappa shape index (κ3) is 5.84. The predicted octanol–water partition coefficient (Wildman–Crippen LogP) is 4.21. The van der Waals surface area contributed by atoms with Gasteiger partial charge in [-0.25, -0.2) is 5.43 Å². The van der Waals surface area contributed by atoms with Crippen molar-refractivity contribution in [3.05, 3.63) is 77.9 Å². The highest BCUT2D eigenvalue weighted by Gasteiger charge is 2.17. The Balaban J connectivity index is 1.50. The number of amides is 1. The van der Waals surface area contributed by atoms with Gasteiger partial charge in [-0.1, -0.05) is 29.5 Å². The largest absolute Gasteiger partial charge is 0.504 e. The lowest BCUT2D eigenvalue weighted by atomic mass is 10.2. The van der Waals surface area contributed by atoms with E-state index < -0.39 is 0 Å². The van der Waals surface area contributed by atoms with Gasteiger partial charge in [0.1, 0.15) is 5.75 Å². The SMILES string of the molecule is COc1ccc(-c2nnc(SCC(=O)NN=Cc3ccc(O)c(OC)c3)n2-c2ccc(C)cc2)cc1. The van der Waals surface area contributed by atoms with Crippen LogP contribution in [-0.4, -0.2) is 52.0 Å². The first-order valence-corrected chi connectivity index (χ1v) is 12.0. The number of aromatic hydroxyl groups is 1. The maximum atomic E-state index is 12.4. The number of methoxy groups -OCH3 is 2. The Morgan fingerprint density at radius 2 is 1.81 bits per heavy atom. The van der Waals surface area contributed by atoms with Crippen molar-refractivity contribution in [2.45, 2.75) is 12.1 Å². The van der Waals surface area contributed by atoms with E-state index >= 15 is 0 Å². The van der Waals surface area contributed by atoms with Crippen LogP contribution in [0.3, 0.4) is 0 Å². The summed E-state index contributed by atoms with van der Waals surface area (Å²) in [5, 5.41) is 23.0. The van der Waals surface area contributed by atoms with Gasteiger partial charge in [-0.05, 0) is 67.1 Å². The van der Waals surface area contributed by atoms with Gasteiger partial charge in [0.2, 0.25) is 0 Å². The number of aromatic nitrogens is 3. The molecule has 0 aliphatic rings. The first-order chi connectivity index (χ1) is 17.5. The minimum atomic E-state index is -0.300. The van der Waals surface area contributed by atoms with Crippen LogP contribution in [0, 0.1) is 6.92 Å². The molecule has 0 spiro atoms. The molecule has 10 heteroatoms. The van der Waals surface area contributed by atoms with Gasteiger partial charge in [0.15, 0.2) is 22.5 Å². The fraction of sp³-hybridized carbons (Fsp3) is 0.154. The second kappa shape index (κ2) is 11.4. The molecule has 0 radical (unpaired) electrons. The molecule has 0 bridgehead atoms. The number of nitrogens with zero attached hydrogens (tertiary/aromatic N) is 4. The van der Waals surface area contributed by atoms with Crippen LogP contribution in [0.25, 0.3) is 17.1 Å². The van der Waals surface area contributed by atoms with Crippen molar-refractivity contribution in [1.82, 2.24) is 20.2 Å². The second-order valence-electron chi connectivity index (χ2n) is 7.72. The number of phenols is 1. The summed E-state index contributed by atoms with van der Waals surface area (Å²) in [6.07, 6.45) is 1.47. The molecule has 1 aromatic heterocycles. The molecular weight excluding hydrogens is 478 g/mol. The molecule has 0 aliphatic carbocycles. The summed E-state index contributed by atoms with van der Waals surface area (Å²) >= 11 is 1.26. The molecular formula is C26H25N5O4S. The average Bonchev–Trinajstić information content (AvgIpc) is 3.33. The number of carbonyl (C=O) groups excluding carboxylic acids is 1. The molecule has 0 unspecified atom stereocenters. The molecule has 0 aliphatic heterocycles. The Kier molecular flexibility index (Phi) is 7.86. The maximum Gasteiger partial charge on any atom is 0.250 e. The summed E-state index contributed by atoms with van der Waals surface area (Å²) in [5.74, 6) is 1.54. The van der Waals surface area contributed by atoms with Gasteiger partial charge < -0.3 is 14.6 Å². The zero-order chi connectivity index (χ0) is 25.5. The van der Waals surface area contributed by atoms with Gasteiger partial charge in [0.25, 0.3) is 5.91 Å². The van der Waals surface area contributed by atoms with Gasteiger partial charge in [-0.15, -0.1) is 10.2 Å². The van der Waals surface area contributed by atoms with Crippen molar-refractivity contribution in [2.75, 3.05) is 20.0 Å². The van der Waals surface area contributed by atoms with Crippen molar-refractivity contribution in [3.63, 3.8) is 0 Å². The van der Waals surface area contributed by atoms with E-state index in [-0.39, 0.29) is 17.4 Å². The minimum absolute atomic E-state index is 0.0294. The standard InChI is InChI=1S/C26H25N5O4S/c1-17-4-9-20(10-5-17)31-25(19-7-11-21(34-2)12-8-19)29-30-26(31)36-16-24(33)28-27-15-18-6-13-22(32)23(14-18)35-3/h4-15,32H,16H2,1-3H3,(H,28,33). The van der Waals surface area contributed by atoms with Gasteiger partial charge in [-0.2, -0.15) is 5.10 Å². The number of benzene rings is 3. The lowest BCUT2D eigenvalue weighted by Gasteiger charge is -2.11. The zero-order valence-corrected chi connectivity index (χ0v) is 20.8. The number of aryl methyl sites for hydroxylation is 1. The number of thioether (sulfide) groups is 1. The summed E-state index contributed by atoms with van der Waals surface area (Å²) in [5.41, 5.74) is 6.07. The molecule has 0 atom stereocenters. The molecule has 9 nitrogen and oxygen atoms in total. The summed E-state index contributed by atoms with van der Waals surface area (Å²) in [4.78, 5) is 12.4. The third-order valence-corrected chi connectivity index (χ3v) is 6.14. The Morgan fingerprint density at radius 3 is 2.50 bits per heavy atom. The fourth-order valence-corrected chi connectivity index (χ4v) is 4.08. The first-order valence-electron chi connectivity index (χ1n) is 11.0. The van der Waals surface area contributed by atoms with E-state index in [1.807, 2.05) is 60.0 Å². The predicted molar refractivity (Wildman–Crippen MR) is 139 cm³/mol. The fourth-order valence-electron chi connectivity index (χ4n) is 3.33. The highest BCUT2D eigenvalue weighted by molar-refractivity contribution is 7.99. The maximum absolute atomic E-state index is 12.4. The molecule has 2 N–H and O–H groups in total. The van der Waals surface area contributed by atoms with Gasteiger partial charge in [0.05, 0.1) is 26.2 Å². The van der Waals surface area contributed by atoms with Crippen LogP contribution in [0.2, 0.25) is 0 Å². The summed E-state index contributed by atoms with van der Waals surface area (Å²) in [7, 11) is 3.08. The number of hydrazone groups is 1. The smallest absolute Gasteiger partial charge is 0.250 e. The molecule has 4 aromatic rings. The lowest BCUT2D eigenvalue weighted by Crippen LogP contribution is -2.20. The van der Waals surface area contributed by atoms with Gasteiger partial charge in [-0.3, -0.25) is 9.36 Å². The van der Waals surface area contributed by atoms with E-state index in [2.05, 4.69) is 20.7 Å². The molecule has 36 heavy (non-hydrogen) atoms. The number of rotatable bonds is 9. The van der Waals surface area contributed by atoms with Crippen molar-refractivity contribution in [2.24, 2.45) is 5.10 Å². The Morgan fingerprint density at radius 1 is 1.06 bits per heavy atom. The number of hydrogen-bond donors (Lipinski definition) is 2. The van der Waals surface area contributed by atoms with Gasteiger partial charge >= 0.3 is 0 Å². The van der Waals surface area contributed by atoms with E-state index in [9.17, 15) is 9.90 Å². The summed E-state index contributed by atoms with van der Waals surface area (Å²) < 4.78 is 12.3. The molecule has 4 rings (SSSR count).